The molecule has 0 aliphatic rings. The zero-order valence-electron chi connectivity index (χ0n) is 9.46. The maximum absolute atomic E-state index is 11.7. The molecule has 1 amide bonds. The Morgan fingerprint density at radius 2 is 2.25 bits per heavy atom. The topological polar surface area (TPSA) is 49.3 Å². The maximum atomic E-state index is 11.7. The van der Waals surface area contributed by atoms with Gasteiger partial charge in [-0.2, -0.15) is 0 Å². The Hall–Kier alpha value is -1.03. The molecule has 1 aromatic carbocycles. The summed E-state index contributed by atoms with van der Waals surface area (Å²) < 4.78 is 0.589. The summed E-state index contributed by atoms with van der Waals surface area (Å²) in [4.78, 5) is 11.7. The Morgan fingerprint density at radius 3 is 2.81 bits per heavy atom. The average Bonchev–Trinajstić information content (AvgIpc) is 2.29. The SMILES string of the molecule is CCC(C)CNC(=O)c1ccc(Br)c(O)c1. The molecule has 0 spiro atoms. The molecule has 0 aliphatic carbocycles. The molecular weight excluding hydrogens is 270 g/mol. The van der Waals surface area contributed by atoms with Crippen molar-refractivity contribution in [1.82, 2.24) is 5.32 Å². The van der Waals surface area contributed by atoms with Gasteiger partial charge in [-0.15, -0.1) is 0 Å². The number of benzene rings is 1. The third-order valence-electron chi connectivity index (χ3n) is 2.52. The molecule has 0 heterocycles. The third kappa shape index (κ3) is 3.52. The first-order valence-electron chi connectivity index (χ1n) is 5.31. The van der Waals surface area contributed by atoms with E-state index < -0.39 is 0 Å². The van der Waals surface area contributed by atoms with Gasteiger partial charge in [0.2, 0.25) is 0 Å². The summed E-state index contributed by atoms with van der Waals surface area (Å²) in [5, 5.41) is 12.3. The van der Waals surface area contributed by atoms with Crippen LogP contribution in [0.15, 0.2) is 22.7 Å². The van der Waals surface area contributed by atoms with Crippen LogP contribution in [0.1, 0.15) is 30.6 Å². The smallest absolute Gasteiger partial charge is 0.251 e. The summed E-state index contributed by atoms with van der Waals surface area (Å²) in [6.45, 7) is 4.83. The van der Waals surface area contributed by atoms with E-state index in [0.29, 0.717) is 22.5 Å². The van der Waals surface area contributed by atoms with Gasteiger partial charge in [-0.05, 0) is 40.0 Å². The largest absolute Gasteiger partial charge is 0.507 e. The van der Waals surface area contributed by atoms with Crippen molar-refractivity contribution in [3.8, 4) is 5.75 Å². The molecule has 2 N–H and O–H groups in total. The first-order chi connectivity index (χ1) is 7.54. The highest BCUT2D eigenvalue weighted by atomic mass is 79.9. The predicted octanol–water partition coefficient (Wildman–Crippen LogP) is 2.93. The van der Waals surface area contributed by atoms with Crippen LogP contribution in [0.2, 0.25) is 0 Å². The van der Waals surface area contributed by atoms with Crippen LogP contribution in [0.4, 0.5) is 0 Å². The van der Waals surface area contributed by atoms with Gasteiger partial charge in [-0.3, -0.25) is 4.79 Å². The summed E-state index contributed by atoms with van der Waals surface area (Å²) in [5.41, 5.74) is 0.476. The molecule has 0 bridgehead atoms. The summed E-state index contributed by atoms with van der Waals surface area (Å²) in [5.74, 6) is 0.396. The second kappa shape index (κ2) is 5.89. The van der Waals surface area contributed by atoms with Gasteiger partial charge in [0.25, 0.3) is 5.91 Å². The van der Waals surface area contributed by atoms with Gasteiger partial charge in [-0.1, -0.05) is 20.3 Å². The lowest BCUT2D eigenvalue weighted by atomic mass is 10.1. The molecule has 0 aromatic heterocycles. The number of carbonyl (C=O) groups is 1. The van der Waals surface area contributed by atoms with E-state index in [1.807, 2.05) is 0 Å². The first kappa shape index (κ1) is 13.0. The molecule has 16 heavy (non-hydrogen) atoms. The number of rotatable bonds is 4. The molecular formula is C12H16BrNO2. The van der Waals surface area contributed by atoms with Crippen LogP contribution in [-0.4, -0.2) is 17.6 Å². The minimum absolute atomic E-state index is 0.0798. The quantitative estimate of drug-likeness (QED) is 0.894. The van der Waals surface area contributed by atoms with Crippen LogP contribution in [0.5, 0.6) is 5.75 Å². The van der Waals surface area contributed by atoms with E-state index in [1.54, 1.807) is 12.1 Å². The monoisotopic (exact) mass is 285 g/mol. The number of aromatic hydroxyl groups is 1. The number of carbonyl (C=O) groups excluding carboxylic acids is 1. The van der Waals surface area contributed by atoms with Crippen LogP contribution in [0.25, 0.3) is 0 Å². The summed E-state index contributed by atoms with van der Waals surface area (Å²) >= 11 is 3.17. The molecule has 88 valence electrons. The van der Waals surface area contributed by atoms with E-state index in [9.17, 15) is 9.90 Å². The fraction of sp³-hybridized carbons (Fsp3) is 0.417. The molecule has 4 heteroatoms. The van der Waals surface area contributed by atoms with Gasteiger partial charge in [0.1, 0.15) is 5.75 Å². The average molecular weight is 286 g/mol. The highest BCUT2D eigenvalue weighted by Crippen LogP contribution is 2.24. The van der Waals surface area contributed by atoms with E-state index >= 15 is 0 Å². The maximum Gasteiger partial charge on any atom is 0.251 e. The minimum atomic E-state index is -0.150. The lowest BCUT2D eigenvalue weighted by Gasteiger charge is -2.10. The Kier molecular flexibility index (Phi) is 4.80. The van der Waals surface area contributed by atoms with Crippen LogP contribution in [0.3, 0.4) is 0 Å². The standard InChI is InChI=1S/C12H16BrNO2/c1-3-8(2)7-14-12(16)9-4-5-10(13)11(15)6-9/h4-6,8,15H,3,7H2,1-2H3,(H,14,16). The van der Waals surface area contributed by atoms with Crippen LogP contribution in [-0.2, 0) is 0 Å². The third-order valence-corrected chi connectivity index (χ3v) is 3.19. The fourth-order valence-corrected chi connectivity index (χ4v) is 1.41. The van der Waals surface area contributed by atoms with Crippen molar-refractivity contribution in [1.29, 1.82) is 0 Å². The molecule has 1 aromatic rings. The van der Waals surface area contributed by atoms with E-state index in [2.05, 4.69) is 35.1 Å². The van der Waals surface area contributed by atoms with Gasteiger partial charge in [0.15, 0.2) is 0 Å². The van der Waals surface area contributed by atoms with Gasteiger partial charge in [0, 0.05) is 12.1 Å². The highest BCUT2D eigenvalue weighted by Gasteiger charge is 2.08. The number of halogens is 1. The summed E-state index contributed by atoms with van der Waals surface area (Å²) in [6.07, 6.45) is 1.03. The molecule has 0 saturated carbocycles. The Labute approximate surface area is 104 Å². The van der Waals surface area contributed by atoms with Gasteiger partial charge >= 0.3 is 0 Å². The Morgan fingerprint density at radius 1 is 1.56 bits per heavy atom. The zero-order valence-corrected chi connectivity index (χ0v) is 11.0. The molecule has 0 radical (unpaired) electrons. The first-order valence-corrected chi connectivity index (χ1v) is 6.10. The minimum Gasteiger partial charge on any atom is -0.507 e. The van der Waals surface area contributed by atoms with E-state index in [0.717, 1.165) is 6.42 Å². The van der Waals surface area contributed by atoms with Crippen molar-refractivity contribution in [2.75, 3.05) is 6.54 Å². The second-order valence-corrected chi connectivity index (χ2v) is 4.74. The van der Waals surface area contributed by atoms with E-state index in [-0.39, 0.29) is 11.7 Å². The molecule has 3 nitrogen and oxygen atoms in total. The normalized spacial score (nSPS) is 12.2. The highest BCUT2D eigenvalue weighted by molar-refractivity contribution is 9.10. The number of phenolic OH excluding ortho intramolecular Hbond substituents is 1. The summed E-state index contributed by atoms with van der Waals surface area (Å²) in [6, 6.07) is 4.79. The lowest BCUT2D eigenvalue weighted by molar-refractivity contribution is 0.0947. The summed E-state index contributed by atoms with van der Waals surface area (Å²) in [7, 11) is 0. The number of hydrogen-bond donors (Lipinski definition) is 2. The molecule has 0 aliphatic heterocycles. The molecule has 1 unspecified atom stereocenters. The molecule has 0 fully saturated rings. The van der Waals surface area contributed by atoms with Crippen molar-refractivity contribution in [2.45, 2.75) is 20.3 Å². The van der Waals surface area contributed by atoms with Crippen molar-refractivity contribution >= 4 is 21.8 Å². The fourth-order valence-electron chi connectivity index (χ4n) is 1.17. The molecule has 1 atom stereocenters. The van der Waals surface area contributed by atoms with Gasteiger partial charge in [0.05, 0.1) is 4.47 Å². The van der Waals surface area contributed by atoms with Crippen LogP contribution >= 0.6 is 15.9 Å². The van der Waals surface area contributed by atoms with Crippen LogP contribution < -0.4 is 5.32 Å². The number of nitrogens with one attached hydrogen (secondary N) is 1. The molecule has 0 saturated heterocycles. The van der Waals surface area contributed by atoms with Crippen molar-refractivity contribution in [3.05, 3.63) is 28.2 Å². The van der Waals surface area contributed by atoms with Gasteiger partial charge in [-0.25, -0.2) is 0 Å². The number of hydrogen-bond acceptors (Lipinski definition) is 2. The van der Waals surface area contributed by atoms with E-state index in [1.165, 1.54) is 6.07 Å². The Balaban J connectivity index is 2.63. The number of amides is 1. The van der Waals surface area contributed by atoms with E-state index in [4.69, 9.17) is 0 Å². The zero-order chi connectivity index (χ0) is 12.1. The second-order valence-electron chi connectivity index (χ2n) is 3.89. The van der Waals surface area contributed by atoms with Crippen LogP contribution in [0, 0.1) is 5.92 Å². The lowest BCUT2D eigenvalue weighted by Crippen LogP contribution is -2.27. The van der Waals surface area contributed by atoms with Crippen molar-refractivity contribution in [3.63, 3.8) is 0 Å². The van der Waals surface area contributed by atoms with Gasteiger partial charge < -0.3 is 10.4 Å². The number of phenols is 1. The van der Waals surface area contributed by atoms with Crippen molar-refractivity contribution in [2.24, 2.45) is 5.92 Å². The molecule has 1 rings (SSSR count). The van der Waals surface area contributed by atoms with Crippen molar-refractivity contribution < 1.29 is 9.90 Å². The predicted molar refractivity (Wildman–Crippen MR) is 67.6 cm³/mol. The Bertz CT molecular complexity index is 379.